The van der Waals surface area contributed by atoms with Gasteiger partial charge in [0.05, 0.1) is 13.0 Å². The third-order valence-electron chi connectivity index (χ3n) is 3.71. The maximum Gasteiger partial charge on any atom is 0.205 e. The Labute approximate surface area is 141 Å². The average Bonchev–Trinajstić information content (AvgIpc) is 2.53. The minimum atomic E-state index is -0.434. The molecule has 0 unspecified atom stereocenters. The number of halogens is 1. The fourth-order valence-electron chi connectivity index (χ4n) is 2.69. The first-order valence-electron chi connectivity index (χ1n) is 6.79. The van der Waals surface area contributed by atoms with Crippen LogP contribution >= 0.6 is 15.9 Å². The number of nitrogens with two attached hydrogens (primary N) is 1. The van der Waals surface area contributed by atoms with Crippen LogP contribution in [0.2, 0.25) is 0 Å². The van der Waals surface area contributed by atoms with Crippen molar-refractivity contribution in [3.63, 3.8) is 0 Å². The van der Waals surface area contributed by atoms with Crippen molar-refractivity contribution in [2.45, 2.75) is 5.92 Å². The van der Waals surface area contributed by atoms with E-state index in [0.29, 0.717) is 17.1 Å². The van der Waals surface area contributed by atoms with Crippen molar-refractivity contribution in [1.82, 2.24) is 0 Å². The molecule has 6 heteroatoms. The zero-order valence-electron chi connectivity index (χ0n) is 12.2. The first kappa shape index (κ1) is 15.3. The Morgan fingerprint density at radius 1 is 1.26 bits per heavy atom. The number of nitriles is 1. The highest BCUT2D eigenvalue weighted by Crippen LogP contribution is 2.46. The summed E-state index contributed by atoms with van der Waals surface area (Å²) in [6.45, 7) is 0. The van der Waals surface area contributed by atoms with Gasteiger partial charge >= 0.3 is 0 Å². The molecule has 0 saturated heterocycles. The summed E-state index contributed by atoms with van der Waals surface area (Å²) in [4.78, 5) is 0. The van der Waals surface area contributed by atoms with Gasteiger partial charge in [-0.3, -0.25) is 0 Å². The van der Waals surface area contributed by atoms with Gasteiger partial charge in [0.25, 0.3) is 0 Å². The summed E-state index contributed by atoms with van der Waals surface area (Å²) < 4.78 is 11.8. The second-order valence-electron chi connectivity index (χ2n) is 5.03. The van der Waals surface area contributed by atoms with Gasteiger partial charge in [0, 0.05) is 21.7 Å². The Morgan fingerprint density at radius 3 is 2.74 bits per heavy atom. The number of nitrogens with zero attached hydrogens (tertiary/aromatic N) is 1. The van der Waals surface area contributed by atoms with E-state index in [1.165, 1.54) is 6.07 Å². The molecule has 2 aromatic carbocycles. The first-order chi connectivity index (χ1) is 11.0. The number of allylic oxidation sites excluding steroid dienone is 1. The highest BCUT2D eigenvalue weighted by molar-refractivity contribution is 9.10. The van der Waals surface area contributed by atoms with Crippen LogP contribution in [-0.2, 0) is 0 Å². The second kappa shape index (κ2) is 5.86. The molecule has 0 aliphatic carbocycles. The van der Waals surface area contributed by atoms with Crippen LogP contribution < -0.4 is 15.2 Å². The Hall–Kier alpha value is -2.65. The molecule has 0 spiro atoms. The summed E-state index contributed by atoms with van der Waals surface area (Å²) in [7, 11) is 1.57. The predicted octanol–water partition coefficient (Wildman–Crippen LogP) is 3.38. The number of hydrogen-bond acceptors (Lipinski definition) is 5. The predicted molar refractivity (Wildman–Crippen MR) is 88.1 cm³/mol. The molecule has 5 nitrogen and oxygen atoms in total. The topological polar surface area (TPSA) is 88.5 Å². The summed E-state index contributed by atoms with van der Waals surface area (Å²) >= 11 is 3.44. The first-order valence-corrected chi connectivity index (χ1v) is 7.58. The van der Waals surface area contributed by atoms with Crippen molar-refractivity contribution >= 4 is 15.9 Å². The molecule has 3 N–H and O–H groups in total. The summed E-state index contributed by atoms with van der Waals surface area (Å²) in [5.41, 5.74) is 7.75. The molecule has 1 aliphatic heterocycles. The molecule has 3 rings (SSSR count). The zero-order chi connectivity index (χ0) is 16.6. The lowest BCUT2D eigenvalue weighted by Crippen LogP contribution is -2.21. The average molecular weight is 373 g/mol. The number of ether oxygens (including phenoxy) is 2. The van der Waals surface area contributed by atoms with Crippen LogP contribution in [0.25, 0.3) is 0 Å². The molecule has 0 aromatic heterocycles. The standard InChI is InChI=1S/C17H13BrN2O3/c1-22-14-5-2-9(18)6-12(14)16-11-4-3-10(21)7-15(11)23-17(20)13(16)8-19/h2-7,16,21H,20H2,1H3/t16-/m0/s1. The molecule has 2 aromatic rings. The number of phenolic OH excluding ortho intramolecular Hbond substituents is 1. The number of benzene rings is 2. The van der Waals surface area contributed by atoms with E-state index in [1.807, 2.05) is 18.2 Å². The van der Waals surface area contributed by atoms with E-state index in [9.17, 15) is 10.4 Å². The van der Waals surface area contributed by atoms with Gasteiger partial charge in [-0.25, -0.2) is 0 Å². The van der Waals surface area contributed by atoms with Crippen LogP contribution in [-0.4, -0.2) is 12.2 Å². The number of aromatic hydroxyl groups is 1. The second-order valence-corrected chi connectivity index (χ2v) is 5.95. The normalized spacial score (nSPS) is 16.3. The van der Waals surface area contributed by atoms with Crippen molar-refractivity contribution in [3.8, 4) is 23.3 Å². The molecule has 0 radical (unpaired) electrons. The Morgan fingerprint density at radius 2 is 2.04 bits per heavy atom. The van der Waals surface area contributed by atoms with E-state index in [-0.39, 0.29) is 11.6 Å². The highest BCUT2D eigenvalue weighted by atomic mass is 79.9. The highest BCUT2D eigenvalue weighted by Gasteiger charge is 2.32. The van der Waals surface area contributed by atoms with Crippen LogP contribution in [0.3, 0.4) is 0 Å². The van der Waals surface area contributed by atoms with E-state index in [0.717, 1.165) is 15.6 Å². The maximum absolute atomic E-state index is 9.67. The Bertz CT molecular complexity index is 855. The molecule has 0 fully saturated rings. The number of phenols is 1. The third kappa shape index (κ3) is 2.60. The quantitative estimate of drug-likeness (QED) is 0.843. The van der Waals surface area contributed by atoms with Crippen molar-refractivity contribution in [2.24, 2.45) is 5.73 Å². The van der Waals surface area contributed by atoms with E-state index >= 15 is 0 Å². The Kier molecular flexibility index (Phi) is 3.89. The maximum atomic E-state index is 9.67. The van der Waals surface area contributed by atoms with Gasteiger partial charge in [-0.15, -0.1) is 0 Å². The van der Waals surface area contributed by atoms with Crippen molar-refractivity contribution in [2.75, 3.05) is 7.11 Å². The molecule has 0 amide bonds. The van der Waals surface area contributed by atoms with Crippen LogP contribution in [0.15, 0.2) is 52.3 Å². The fraction of sp³-hybridized carbons (Fsp3) is 0.118. The zero-order valence-corrected chi connectivity index (χ0v) is 13.8. The van der Waals surface area contributed by atoms with Crippen molar-refractivity contribution < 1.29 is 14.6 Å². The van der Waals surface area contributed by atoms with Gasteiger partial charge in [0.15, 0.2) is 0 Å². The van der Waals surface area contributed by atoms with E-state index < -0.39 is 5.92 Å². The third-order valence-corrected chi connectivity index (χ3v) is 4.20. The summed E-state index contributed by atoms with van der Waals surface area (Å²) in [5, 5.41) is 19.2. The number of methoxy groups -OCH3 is 1. The summed E-state index contributed by atoms with van der Waals surface area (Å²) in [6, 6.07) is 12.4. The van der Waals surface area contributed by atoms with Crippen molar-refractivity contribution in [3.05, 3.63) is 63.5 Å². The molecule has 0 saturated carbocycles. The molecular weight excluding hydrogens is 360 g/mol. The van der Waals surface area contributed by atoms with Crippen LogP contribution in [0.5, 0.6) is 17.2 Å². The van der Waals surface area contributed by atoms with Gasteiger partial charge in [-0.05, 0) is 24.3 Å². The van der Waals surface area contributed by atoms with Crippen LogP contribution in [0, 0.1) is 11.3 Å². The smallest absolute Gasteiger partial charge is 0.205 e. The van der Waals surface area contributed by atoms with E-state index in [4.69, 9.17) is 15.2 Å². The van der Waals surface area contributed by atoms with Crippen LogP contribution in [0.4, 0.5) is 0 Å². The molecule has 23 heavy (non-hydrogen) atoms. The molecule has 1 heterocycles. The largest absolute Gasteiger partial charge is 0.508 e. The van der Waals surface area contributed by atoms with Gasteiger partial charge in [0.1, 0.15) is 28.9 Å². The van der Waals surface area contributed by atoms with Gasteiger partial charge in [-0.1, -0.05) is 22.0 Å². The molecular formula is C17H13BrN2O3. The molecule has 0 bridgehead atoms. The molecule has 1 aliphatic rings. The Balaban J connectivity index is 2.29. The molecule has 116 valence electrons. The van der Waals surface area contributed by atoms with Crippen molar-refractivity contribution in [1.29, 1.82) is 5.26 Å². The lowest BCUT2D eigenvalue weighted by atomic mass is 9.83. The number of fused-ring (bicyclic) bond motifs is 1. The molecule has 1 atom stereocenters. The minimum absolute atomic E-state index is 0.0256. The van der Waals surface area contributed by atoms with Gasteiger partial charge in [-0.2, -0.15) is 5.26 Å². The summed E-state index contributed by atoms with van der Waals surface area (Å²) in [5.74, 6) is 0.722. The summed E-state index contributed by atoms with van der Waals surface area (Å²) in [6.07, 6.45) is 0. The SMILES string of the molecule is COc1ccc(Br)cc1[C@H]1C(C#N)=C(N)Oc2cc(O)ccc21. The van der Waals surface area contributed by atoms with E-state index in [1.54, 1.807) is 19.2 Å². The van der Waals surface area contributed by atoms with E-state index in [2.05, 4.69) is 22.0 Å². The van der Waals surface area contributed by atoms with Gasteiger partial charge in [0.2, 0.25) is 5.88 Å². The monoisotopic (exact) mass is 372 g/mol. The lowest BCUT2D eigenvalue weighted by Gasteiger charge is -2.27. The van der Waals surface area contributed by atoms with Gasteiger partial charge < -0.3 is 20.3 Å². The lowest BCUT2D eigenvalue weighted by molar-refractivity contribution is 0.383. The number of rotatable bonds is 2. The van der Waals surface area contributed by atoms with Crippen LogP contribution in [0.1, 0.15) is 17.0 Å². The number of hydrogen-bond donors (Lipinski definition) is 2. The fourth-order valence-corrected chi connectivity index (χ4v) is 3.07. The minimum Gasteiger partial charge on any atom is -0.508 e.